The van der Waals surface area contributed by atoms with Crippen LogP contribution in [0.2, 0.25) is 0 Å². The summed E-state index contributed by atoms with van der Waals surface area (Å²) in [5, 5.41) is 4.43. The number of carbonyl (C=O) groups is 2. The van der Waals surface area contributed by atoms with E-state index in [2.05, 4.69) is 17.3 Å². The third kappa shape index (κ3) is 4.26. The highest BCUT2D eigenvalue weighted by molar-refractivity contribution is 7.24. The molecule has 0 saturated carbocycles. The number of benzene rings is 3. The number of hydrogen-bond acceptors (Lipinski definition) is 8. The van der Waals surface area contributed by atoms with Crippen LogP contribution in [-0.4, -0.2) is 36.7 Å². The minimum absolute atomic E-state index is 0.0508. The van der Waals surface area contributed by atoms with Crippen molar-refractivity contribution in [1.29, 1.82) is 0 Å². The SMILES string of the molecule is Cc1cc(Oc2ccccc2)ccc1C1(N)C(=O)C(N)c2c(NC(=O)C3CCN(C)CC3)sc3c(N)ccc1c23. The number of anilines is 2. The maximum atomic E-state index is 14.1. The van der Waals surface area contributed by atoms with Crippen molar-refractivity contribution >= 4 is 43.8 Å². The second-order valence-electron chi connectivity index (χ2n) is 10.9. The van der Waals surface area contributed by atoms with Gasteiger partial charge in [-0.2, -0.15) is 0 Å². The van der Waals surface area contributed by atoms with E-state index in [4.69, 9.17) is 21.9 Å². The first-order chi connectivity index (χ1) is 19.2. The summed E-state index contributed by atoms with van der Waals surface area (Å²) < 4.78 is 6.77. The van der Waals surface area contributed by atoms with Crippen LogP contribution in [0, 0.1) is 12.8 Å². The number of amides is 1. The van der Waals surface area contributed by atoms with Gasteiger partial charge in [0.15, 0.2) is 5.78 Å². The maximum absolute atomic E-state index is 14.1. The van der Waals surface area contributed by atoms with Gasteiger partial charge in [-0.25, -0.2) is 0 Å². The number of carbonyl (C=O) groups excluding carboxylic acids is 2. The Labute approximate surface area is 237 Å². The second-order valence-corrected chi connectivity index (χ2v) is 11.9. The first kappa shape index (κ1) is 26.5. The zero-order chi connectivity index (χ0) is 28.2. The number of para-hydroxylation sites is 1. The molecule has 40 heavy (non-hydrogen) atoms. The minimum Gasteiger partial charge on any atom is -0.457 e. The fraction of sp³-hybridized carbons (Fsp3) is 0.290. The normalized spacial score (nSPS) is 21.5. The van der Waals surface area contributed by atoms with Crippen LogP contribution in [0.25, 0.3) is 10.1 Å². The largest absolute Gasteiger partial charge is 0.457 e. The third-order valence-corrected chi connectivity index (χ3v) is 9.41. The molecule has 1 amide bonds. The lowest BCUT2D eigenvalue weighted by Gasteiger charge is -2.37. The summed E-state index contributed by atoms with van der Waals surface area (Å²) in [6, 6.07) is 17.6. The zero-order valence-corrected chi connectivity index (χ0v) is 23.4. The van der Waals surface area contributed by atoms with Gasteiger partial charge < -0.3 is 32.2 Å². The highest BCUT2D eigenvalue weighted by Crippen LogP contribution is 2.52. The Hall–Kier alpha value is -3.76. The lowest BCUT2D eigenvalue weighted by molar-refractivity contribution is -0.125. The Morgan fingerprint density at radius 2 is 1.75 bits per heavy atom. The minimum atomic E-state index is -1.50. The van der Waals surface area contributed by atoms with Crippen LogP contribution < -0.4 is 27.3 Å². The first-order valence-corrected chi connectivity index (χ1v) is 14.3. The monoisotopic (exact) mass is 555 g/mol. The molecule has 0 bridgehead atoms. The standard InChI is InChI=1S/C31H33N5O3S/c1-17-16-20(39-19-6-4-3-5-7-19)8-9-21(17)31(34)22-10-11-23(32)27-24(22)25(26(33)28(31)37)30(40-27)35-29(38)18-12-14-36(2)15-13-18/h3-11,16,18,26H,12-15,32-34H2,1-2H3,(H,35,38). The average molecular weight is 556 g/mol. The van der Waals surface area contributed by atoms with Crippen molar-refractivity contribution in [3.63, 3.8) is 0 Å². The number of piperidine rings is 1. The predicted octanol–water partition coefficient (Wildman–Crippen LogP) is 4.65. The van der Waals surface area contributed by atoms with Crippen molar-refractivity contribution in [2.45, 2.75) is 31.3 Å². The molecule has 1 aromatic heterocycles. The van der Waals surface area contributed by atoms with E-state index in [1.165, 1.54) is 11.3 Å². The van der Waals surface area contributed by atoms with Gasteiger partial charge in [0.2, 0.25) is 5.91 Å². The van der Waals surface area contributed by atoms with Crippen molar-refractivity contribution in [3.05, 3.63) is 82.9 Å². The van der Waals surface area contributed by atoms with E-state index in [0.717, 1.165) is 41.6 Å². The Morgan fingerprint density at radius 1 is 1.05 bits per heavy atom. The highest BCUT2D eigenvalue weighted by Gasteiger charge is 2.49. The number of Topliss-reactive ketones (excluding diaryl/α,β-unsaturated/α-hetero) is 1. The molecule has 0 spiro atoms. The van der Waals surface area contributed by atoms with Gasteiger partial charge >= 0.3 is 0 Å². The van der Waals surface area contributed by atoms with Gasteiger partial charge in [-0.3, -0.25) is 9.59 Å². The fourth-order valence-corrected chi connectivity index (χ4v) is 7.21. The summed E-state index contributed by atoms with van der Waals surface area (Å²) in [6.07, 6.45) is 1.58. The molecule has 0 radical (unpaired) electrons. The van der Waals surface area contributed by atoms with Crippen LogP contribution in [0.1, 0.15) is 41.1 Å². The molecular weight excluding hydrogens is 522 g/mol. The van der Waals surface area contributed by atoms with Crippen LogP contribution in [0.4, 0.5) is 10.7 Å². The van der Waals surface area contributed by atoms with Crippen molar-refractivity contribution in [2.24, 2.45) is 17.4 Å². The Balaban J connectivity index is 1.41. The molecule has 2 unspecified atom stereocenters. The number of ketones is 1. The summed E-state index contributed by atoms with van der Waals surface area (Å²) in [5.41, 5.74) is 21.9. The molecule has 2 aliphatic rings. The van der Waals surface area contributed by atoms with Gasteiger partial charge in [-0.1, -0.05) is 30.3 Å². The van der Waals surface area contributed by atoms with Crippen LogP contribution in [0.5, 0.6) is 11.5 Å². The molecule has 3 aromatic carbocycles. The van der Waals surface area contributed by atoms with Gasteiger partial charge in [-0.05, 0) is 86.9 Å². The molecule has 1 saturated heterocycles. The summed E-state index contributed by atoms with van der Waals surface area (Å²) in [5.74, 6) is 0.880. The van der Waals surface area contributed by atoms with Gasteiger partial charge in [0.1, 0.15) is 22.0 Å². The van der Waals surface area contributed by atoms with E-state index in [1.54, 1.807) is 6.07 Å². The lowest BCUT2D eigenvalue weighted by Crippen LogP contribution is -2.52. The first-order valence-electron chi connectivity index (χ1n) is 13.5. The van der Waals surface area contributed by atoms with Gasteiger partial charge in [0, 0.05) is 22.6 Å². The number of nitrogens with two attached hydrogens (primary N) is 3. The molecule has 6 rings (SSSR count). The molecule has 1 aliphatic carbocycles. The summed E-state index contributed by atoms with van der Waals surface area (Å²) in [7, 11) is 2.06. The van der Waals surface area contributed by atoms with Crippen molar-refractivity contribution in [3.8, 4) is 11.5 Å². The molecule has 1 aliphatic heterocycles. The van der Waals surface area contributed by atoms with Crippen molar-refractivity contribution in [1.82, 2.24) is 4.90 Å². The number of rotatable bonds is 5. The molecular formula is C31H33N5O3S. The van der Waals surface area contributed by atoms with E-state index in [1.807, 2.05) is 61.5 Å². The topological polar surface area (TPSA) is 137 Å². The van der Waals surface area contributed by atoms with Crippen LogP contribution in [0.15, 0.2) is 60.7 Å². The molecule has 8 nitrogen and oxygen atoms in total. The summed E-state index contributed by atoms with van der Waals surface area (Å²) in [4.78, 5) is 29.6. The molecule has 2 atom stereocenters. The summed E-state index contributed by atoms with van der Waals surface area (Å²) in [6.45, 7) is 3.65. The number of aryl methyl sites for hydroxylation is 1. The smallest absolute Gasteiger partial charge is 0.228 e. The lowest BCUT2D eigenvalue weighted by atomic mass is 9.70. The Morgan fingerprint density at radius 3 is 2.45 bits per heavy atom. The van der Waals surface area contributed by atoms with Crippen LogP contribution in [0.3, 0.4) is 0 Å². The van der Waals surface area contributed by atoms with Gasteiger partial charge in [-0.15, -0.1) is 11.3 Å². The van der Waals surface area contributed by atoms with E-state index in [0.29, 0.717) is 38.9 Å². The van der Waals surface area contributed by atoms with E-state index in [9.17, 15) is 9.59 Å². The Bertz CT molecular complexity index is 1630. The van der Waals surface area contributed by atoms with Crippen LogP contribution >= 0.6 is 11.3 Å². The van der Waals surface area contributed by atoms with Crippen molar-refractivity contribution < 1.29 is 14.3 Å². The second kappa shape index (κ2) is 10.0. The number of ether oxygens (including phenoxy) is 1. The number of nitrogens with zero attached hydrogens (tertiary/aromatic N) is 1. The molecule has 2 heterocycles. The average Bonchev–Trinajstić information content (AvgIpc) is 3.32. The fourth-order valence-electron chi connectivity index (χ4n) is 6.00. The van der Waals surface area contributed by atoms with Gasteiger partial charge in [0.25, 0.3) is 0 Å². The van der Waals surface area contributed by atoms with Gasteiger partial charge in [0.05, 0.1) is 10.7 Å². The molecule has 1 fully saturated rings. The summed E-state index contributed by atoms with van der Waals surface area (Å²) >= 11 is 1.36. The van der Waals surface area contributed by atoms with E-state index < -0.39 is 11.6 Å². The quantitative estimate of drug-likeness (QED) is 0.263. The molecule has 4 aromatic rings. The molecule has 206 valence electrons. The van der Waals surface area contributed by atoms with Crippen LogP contribution in [-0.2, 0) is 15.1 Å². The third-order valence-electron chi connectivity index (χ3n) is 8.24. The predicted molar refractivity (Wildman–Crippen MR) is 160 cm³/mol. The number of nitrogens with one attached hydrogen (secondary N) is 1. The number of nitrogen functional groups attached to an aromatic ring is 1. The Kier molecular flexibility index (Phi) is 6.62. The molecule has 7 N–H and O–H groups in total. The van der Waals surface area contributed by atoms with E-state index in [-0.39, 0.29) is 17.6 Å². The maximum Gasteiger partial charge on any atom is 0.228 e. The van der Waals surface area contributed by atoms with Crippen molar-refractivity contribution in [2.75, 3.05) is 31.2 Å². The zero-order valence-electron chi connectivity index (χ0n) is 22.6. The molecule has 9 heteroatoms. The number of hydrogen-bond donors (Lipinski definition) is 4. The van der Waals surface area contributed by atoms with E-state index >= 15 is 0 Å². The number of likely N-dealkylation sites (tertiary alicyclic amines) is 1. The highest BCUT2D eigenvalue weighted by atomic mass is 32.1. The number of thiophene rings is 1.